The Morgan fingerprint density at radius 1 is 1.19 bits per heavy atom. The Morgan fingerprint density at radius 3 is 2.58 bits per heavy atom. The smallest absolute Gasteiger partial charge is 0.387 e. The van der Waals surface area contributed by atoms with Gasteiger partial charge in [-0.25, -0.2) is 4.99 Å². The first-order valence-corrected chi connectivity index (χ1v) is 8.73. The second-order valence-electron chi connectivity index (χ2n) is 6.15. The van der Waals surface area contributed by atoms with Crippen molar-refractivity contribution in [2.24, 2.45) is 10.9 Å². The topological polar surface area (TPSA) is 75.1 Å². The maximum absolute atomic E-state index is 12.5. The Bertz CT molecular complexity index is 542. The van der Waals surface area contributed by atoms with Gasteiger partial charge in [0.25, 0.3) is 0 Å². The van der Waals surface area contributed by atoms with Crippen LogP contribution in [0.4, 0.5) is 8.78 Å². The zero-order valence-corrected chi connectivity index (χ0v) is 15.5. The van der Waals surface area contributed by atoms with Crippen LogP contribution in [-0.4, -0.2) is 50.1 Å². The maximum atomic E-state index is 12.5. The first-order valence-electron chi connectivity index (χ1n) is 8.73. The predicted octanol–water partition coefficient (Wildman–Crippen LogP) is 2.38. The summed E-state index contributed by atoms with van der Waals surface area (Å²) in [5.41, 5.74) is 0.547. The van der Waals surface area contributed by atoms with Gasteiger partial charge >= 0.3 is 6.61 Å². The molecule has 0 bridgehead atoms. The number of alkyl halides is 2. The van der Waals surface area contributed by atoms with E-state index in [0.717, 1.165) is 0 Å². The van der Waals surface area contributed by atoms with Gasteiger partial charge in [-0.15, -0.1) is 0 Å². The Labute approximate surface area is 153 Å². The molecule has 0 spiro atoms. The Kier molecular flexibility index (Phi) is 10.6. The summed E-state index contributed by atoms with van der Waals surface area (Å²) >= 11 is 0. The van der Waals surface area contributed by atoms with Crippen molar-refractivity contribution < 1.29 is 23.4 Å². The Balaban J connectivity index is 2.58. The fourth-order valence-electron chi connectivity index (χ4n) is 2.06. The molecule has 0 saturated carbocycles. The standard InChI is InChI=1S/C18H29F2N3O3/c1-4-21-18(23-10-15(24)12-25-11-13(2)3)22-9-14-7-5-6-8-16(14)26-17(19)20/h5-8,13,15,17,24H,4,9-12H2,1-3H3,(H2,21,22,23). The number of hydrogen-bond donors (Lipinski definition) is 3. The molecule has 0 heterocycles. The van der Waals surface area contributed by atoms with Gasteiger partial charge in [0.05, 0.1) is 19.3 Å². The molecule has 8 heteroatoms. The highest BCUT2D eigenvalue weighted by Gasteiger charge is 2.10. The number of hydrogen-bond acceptors (Lipinski definition) is 4. The van der Waals surface area contributed by atoms with Crippen LogP contribution in [0.15, 0.2) is 29.3 Å². The third-order valence-corrected chi connectivity index (χ3v) is 3.21. The van der Waals surface area contributed by atoms with Gasteiger partial charge in [-0.2, -0.15) is 8.78 Å². The quantitative estimate of drug-likeness (QED) is 0.410. The van der Waals surface area contributed by atoms with E-state index >= 15 is 0 Å². The fourth-order valence-corrected chi connectivity index (χ4v) is 2.06. The van der Waals surface area contributed by atoms with Crippen molar-refractivity contribution in [2.45, 2.75) is 40.0 Å². The lowest BCUT2D eigenvalue weighted by Crippen LogP contribution is -2.42. The SMILES string of the molecule is CCNC(=NCc1ccccc1OC(F)F)NCC(O)COCC(C)C. The maximum Gasteiger partial charge on any atom is 0.387 e. The Morgan fingerprint density at radius 2 is 1.92 bits per heavy atom. The summed E-state index contributed by atoms with van der Waals surface area (Å²) in [6, 6.07) is 6.52. The highest BCUT2D eigenvalue weighted by molar-refractivity contribution is 5.79. The molecule has 0 aliphatic carbocycles. The van der Waals surface area contributed by atoms with Crippen molar-refractivity contribution in [1.82, 2.24) is 10.6 Å². The van der Waals surface area contributed by atoms with Crippen molar-refractivity contribution in [3.8, 4) is 5.75 Å². The van der Waals surface area contributed by atoms with Crippen LogP contribution in [0, 0.1) is 5.92 Å². The summed E-state index contributed by atoms with van der Waals surface area (Å²) in [5, 5.41) is 16.0. The molecule has 6 nitrogen and oxygen atoms in total. The molecule has 0 saturated heterocycles. The molecule has 3 N–H and O–H groups in total. The molecule has 148 valence electrons. The highest BCUT2D eigenvalue weighted by atomic mass is 19.3. The van der Waals surface area contributed by atoms with Crippen LogP contribution in [0.1, 0.15) is 26.3 Å². The zero-order valence-electron chi connectivity index (χ0n) is 15.5. The van der Waals surface area contributed by atoms with Crippen molar-refractivity contribution in [2.75, 3.05) is 26.3 Å². The van der Waals surface area contributed by atoms with Gasteiger partial charge in [-0.1, -0.05) is 32.0 Å². The summed E-state index contributed by atoms with van der Waals surface area (Å²) in [6.45, 7) is 4.98. The van der Waals surface area contributed by atoms with E-state index in [9.17, 15) is 13.9 Å². The molecule has 0 aliphatic heterocycles. The van der Waals surface area contributed by atoms with Crippen molar-refractivity contribution in [3.05, 3.63) is 29.8 Å². The number of nitrogens with one attached hydrogen (secondary N) is 2. The fraction of sp³-hybridized carbons (Fsp3) is 0.611. The molecule has 0 fully saturated rings. The van der Waals surface area contributed by atoms with Gasteiger partial charge in [-0.3, -0.25) is 0 Å². The third-order valence-electron chi connectivity index (χ3n) is 3.21. The summed E-state index contributed by atoms with van der Waals surface area (Å²) < 4.78 is 34.8. The number of aliphatic hydroxyl groups excluding tert-OH is 1. The predicted molar refractivity (Wildman–Crippen MR) is 97.6 cm³/mol. The molecule has 0 radical (unpaired) electrons. The molecule has 0 amide bonds. The van der Waals surface area contributed by atoms with Gasteiger partial charge in [0.1, 0.15) is 5.75 Å². The van der Waals surface area contributed by atoms with Gasteiger partial charge in [0, 0.05) is 25.3 Å². The highest BCUT2D eigenvalue weighted by Crippen LogP contribution is 2.20. The number of para-hydroxylation sites is 1. The van der Waals surface area contributed by atoms with E-state index in [0.29, 0.717) is 30.6 Å². The van der Waals surface area contributed by atoms with E-state index in [2.05, 4.69) is 20.4 Å². The molecule has 1 unspecified atom stereocenters. The van der Waals surface area contributed by atoms with E-state index in [4.69, 9.17) is 4.74 Å². The summed E-state index contributed by atoms with van der Waals surface area (Å²) in [7, 11) is 0. The van der Waals surface area contributed by atoms with E-state index in [-0.39, 0.29) is 25.4 Å². The summed E-state index contributed by atoms with van der Waals surface area (Å²) in [4.78, 5) is 4.35. The number of aliphatic imine (C=N–C) groups is 1. The third kappa shape index (κ3) is 9.53. The average molecular weight is 373 g/mol. The lowest BCUT2D eigenvalue weighted by atomic mass is 10.2. The summed E-state index contributed by atoms with van der Waals surface area (Å²) in [5.74, 6) is 0.982. The molecule has 1 aromatic carbocycles. The van der Waals surface area contributed by atoms with Crippen molar-refractivity contribution in [3.63, 3.8) is 0 Å². The monoisotopic (exact) mass is 373 g/mol. The van der Waals surface area contributed by atoms with Crippen LogP contribution in [0.3, 0.4) is 0 Å². The van der Waals surface area contributed by atoms with E-state index in [1.165, 1.54) is 6.07 Å². The first kappa shape index (κ1) is 22.1. The molecule has 1 rings (SSSR count). The largest absolute Gasteiger partial charge is 0.434 e. The van der Waals surface area contributed by atoms with Crippen molar-refractivity contribution >= 4 is 5.96 Å². The molecule has 26 heavy (non-hydrogen) atoms. The van der Waals surface area contributed by atoms with Crippen LogP contribution < -0.4 is 15.4 Å². The van der Waals surface area contributed by atoms with E-state index in [1.54, 1.807) is 18.2 Å². The van der Waals surface area contributed by atoms with E-state index in [1.807, 2.05) is 20.8 Å². The number of guanidine groups is 1. The molecule has 0 aliphatic rings. The normalized spacial score (nSPS) is 13.2. The number of nitrogens with zero attached hydrogens (tertiary/aromatic N) is 1. The van der Waals surface area contributed by atoms with Gasteiger partial charge in [-0.05, 0) is 18.9 Å². The minimum absolute atomic E-state index is 0.101. The van der Waals surface area contributed by atoms with Crippen molar-refractivity contribution in [1.29, 1.82) is 0 Å². The van der Waals surface area contributed by atoms with Crippen LogP contribution >= 0.6 is 0 Å². The van der Waals surface area contributed by atoms with Crippen LogP contribution in [0.5, 0.6) is 5.75 Å². The lowest BCUT2D eigenvalue weighted by molar-refractivity contribution is -0.0504. The second-order valence-corrected chi connectivity index (χ2v) is 6.15. The lowest BCUT2D eigenvalue weighted by Gasteiger charge is -2.16. The average Bonchev–Trinajstić information content (AvgIpc) is 2.57. The summed E-state index contributed by atoms with van der Waals surface area (Å²) in [6.07, 6.45) is -0.674. The number of aliphatic hydroxyl groups is 1. The van der Waals surface area contributed by atoms with Crippen LogP contribution in [0.25, 0.3) is 0 Å². The number of ether oxygens (including phenoxy) is 2. The first-order chi connectivity index (χ1) is 12.4. The Hall–Kier alpha value is -1.93. The van der Waals surface area contributed by atoms with Crippen LogP contribution in [-0.2, 0) is 11.3 Å². The van der Waals surface area contributed by atoms with E-state index < -0.39 is 12.7 Å². The number of halogens is 2. The molecular formula is C18H29F2N3O3. The minimum atomic E-state index is -2.88. The molecule has 1 aromatic rings. The van der Waals surface area contributed by atoms with Crippen LogP contribution in [0.2, 0.25) is 0 Å². The zero-order chi connectivity index (χ0) is 19.4. The molecular weight excluding hydrogens is 344 g/mol. The van der Waals surface area contributed by atoms with Gasteiger partial charge in [0.2, 0.25) is 0 Å². The molecule has 1 atom stereocenters. The van der Waals surface area contributed by atoms with Gasteiger partial charge in [0.15, 0.2) is 5.96 Å². The number of benzene rings is 1. The minimum Gasteiger partial charge on any atom is -0.434 e. The number of rotatable bonds is 11. The second kappa shape index (κ2) is 12.4. The van der Waals surface area contributed by atoms with Gasteiger partial charge < -0.3 is 25.2 Å². The molecule has 0 aromatic heterocycles.